The highest BCUT2D eigenvalue weighted by atomic mass is 19.1. The van der Waals surface area contributed by atoms with Crippen LogP contribution in [-0.2, 0) is 6.54 Å². The fraction of sp³-hybridized carbons (Fsp3) is 0.385. The molecule has 0 aliphatic carbocycles. The predicted molar refractivity (Wildman–Crippen MR) is 64.4 cm³/mol. The highest BCUT2D eigenvalue weighted by Gasteiger charge is 2.11. The zero-order valence-corrected chi connectivity index (χ0v) is 9.46. The third-order valence-corrected chi connectivity index (χ3v) is 2.57. The van der Waals surface area contributed by atoms with Gasteiger partial charge < -0.3 is 4.57 Å². The van der Waals surface area contributed by atoms with E-state index in [2.05, 4.69) is 27.0 Å². The molecule has 82 valence electrons. The number of aromatic nitrogens is 1. The molecule has 2 heteroatoms. The molecule has 0 saturated carbocycles. The van der Waals surface area contributed by atoms with Crippen molar-refractivity contribution in [1.29, 1.82) is 0 Å². The van der Waals surface area contributed by atoms with Gasteiger partial charge in [0.05, 0.1) is 6.54 Å². The van der Waals surface area contributed by atoms with E-state index in [1.807, 2.05) is 16.8 Å². The molecule has 0 spiro atoms. The average Bonchev–Trinajstić information content (AvgIpc) is 2.60. The van der Waals surface area contributed by atoms with Crippen LogP contribution in [0.4, 0.5) is 4.39 Å². The van der Waals surface area contributed by atoms with Crippen molar-refractivity contribution in [3.63, 3.8) is 0 Å². The van der Waals surface area contributed by atoms with Gasteiger partial charge in [-0.1, -0.05) is 27.0 Å². The lowest BCUT2D eigenvalue weighted by atomic mass is 9.97. The van der Waals surface area contributed by atoms with Gasteiger partial charge in [0, 0.05) is 17.5 Å². The molecule has 0 atom stereocenters. The van der Waals surface area contributed by atoms with Crippen LogP contribution >= 0.6 is 0 Å². The van der Waals surface area contributed by atoms with E-state index in [0.717, 1.165) is 16.8 Å². The SMILES string of the molecule is C=Cc1c(C(=C)C(C)C)ccn1CCF. The first-order valence-corrected chi connectivity index (χ1v) is 5.18. The Bertz CT molecular complexity index is 361. The standard InChI is InChI=1S/C13H18FN/c1-5-13-12(11(4)10(2)3)6-8-15(13)9-7-14/h5-6,8,10H,1,4,7,9H2,2-3H3. The van der Waals surface area contributed by atoms with Crippen LogP contribution in [0.15, 0.2) is 25.4 Å². The van der Waals surface area contributed by atoms with Crippen molar-refractivity contribution in [3.05, 3.63) is 36.7 Å². The fourth-order valence-electron chi connectivity index (χ4n) is 1.58. The molecular weight excluding hydrogens is 189 g/mol. The van der Waals surface area contributed by atoms with Gasteiger partial charge in [-0.05, 0) is 23.6 Å². The van der Waals surface area contributed by atoms with Crippen LogP contribution in [0.5, 0.6) is 0 Å². The first-order chi connectivity index (χ1) is 7.11. The van der Waals surface area contributed by atoms with Crippen LogP contribution in [0.2, 0.25) is 0 Å². The minimum atomic E-state index is -0.358. The number of alkyl halides is 1. The third-order valence-electron chi connectivity index (χ3n) is 2.57. The predicted octanol–water partition coefficient (Wildman–Crippen LogP) is 3.77. The summed E-state index contributed by atoms with van der Waals surface area (Å²) < 4.78 is 14.2. The smallest absolute Gasteiger partial charge is 0.107 e. The molecular formula is C13H18FN. The molecule has 0 aliphatic rings. The molecule has 0 unspecified atom stereocenters. The molecule has 1 aromatic heterocycles. The van der Waals surface area contributed by atoms with Crippen molar-refractivity contribution in [2.45, 2.75) is 20.4 Å². The fourth-order valence-corrected chi connectivity index (χ4v) is 1.58. The Morgan fingerprint density at radius 3 is 2.73 bits per heavy atom. The lowest BCUT2D eigenvalue weighted by Crippen LogP contribution is -2.02. The Balaban J connectivity index is 3.09. The third kappa shape index (κ3) is 2.38. The number of hydrogen-bond acceptors (Lipinski definition) is 0. The Morgan fingerprint density at radius 2 is 2.27 bits per heavy atom. The van der Waals surface area contributed by atoms with Crippen molar-refractivity contribution in [1.82, 2.24) is 4.57 Å². The average molecular weight is 207 g/mol. The number of allylic oxidation sites excluding steroid dienone is 1. The van der Waals surface area contributed by atoms with Crippen LogP contribution in [0.25, 0.3) is 11.6 Å². The van der Waals surface area contributed by atoms with Crippen LogP contribution < -0.4 is 0 Å². The number of hydrogen-bond donors (Lipinski definition) is 0. The molecule has 0 radical (unpaired) electrons. The van der Waals surface area contributed by atoms with Crippen molar-refractivity contribution >= 4 is 11.6 Å². The van der Waals surface area contributed by atoms with E-state index in [1.165, 1.54) is 0 Å². The van der Waals surface area contributed by atoms with Gasteiger partial charge in [0.2, 0.25) is 0 Å². The van der Waals surface area contributed by atoms with E-state index in [0.29, 0.717) is 12.5 Å². The maximum Gasteiger partial charge on any atom is 0.107 e. The van der Waals surface area contributed by atoms with E-state index in [4.69, 9.17) is 0 Å². The maximum absolute atomic E-state index is 12.3. The van der Waals surface area contributed by atoms with Crippen LogP contribution in [0, 0.1) is 5.92 Å². The minimum Gasteiger partial charge on any atom is -0.345 e. The molecule has 0 aromatic carbocycles. The topological polar surface area (TPSA) is 4.93 Å². The normalized spacial score (nSPS) is 10.7. The molecule has 0 bridgehead atoms. The largest absolute Gasteiger partial charge is 0.345 e. The van der Waals surface area contributed by atoms with Gasteiger partial charge in [-0.25, -0.2) is 4.39 Å². The highest BCUT2D eigenvalue weighted by Crippen LogP contribution is 2.26. The number of nitrogens with zero attached hydrogens (tertiary/aromatic N) is 1. The summed E-state index contributed by atoms with van der Waals surface area (Å²) in [7, 11) is 0. The van der Waals surface area contributed by atoms with Gasteiger partial charge in [0.25, 0.3) is 0 Å². The molecule has 0 N–H and O–H groups in total. The van der Waals surface area contributed by atoms with Gasteiger partial charge in [-0.2, -0.15) is 0 Å². The number of rotatable bonds is 5. The quantitative estimate of drug-likeness (QED) is 0.692. The first-order valence-electron chi connectivity index (χ1n) is 5.18. The minimum absolute atomic E-state index is 0.358. The van der Waals surface area contributed by atoms with Crippen LogP contribution in [0.1, 0.15) is 25.1 Å². The Kier molecular flexibility index (Phi) is 3.89. The molecule has 1 rings (SSSR count). The monoisotopic (exact) mass is 207 g/mol. The number of aryl methyl sites for hydroxylation is 1. The zero-order valence-electron chi connectivity index (χ0n) is 9.46. The summed E-state index contributed by atoms with van der Waals surface area (Å²) in [5, 5.41) is 0. The maximum atomic E-state index is 12.3. The second-order valence-electron chi connectivity index (χ2n) is 3.88. The molecule has 1 nitrogen and oxygen atoms in total. The molecule has 15 heavy (non-hydrogen) atoms. The van der Waals surface area contributed by atoms with E-state index in [-0.39, 0.29) is 6.67 Å². The first kappa shape index (κ1) is 11.8. The van der Waals surface area contributed by atoms with E-state index in [9.17, 15) is 4.39 Å². The molecule has 0 aliphatic heterocycles. The molecule has 0 amide bonds. The summed E-state index contributed by atoms with van der Waals surface area (Å²) in [4.78, 5) is 0. The van der Waals surface area contributed by atoms with E-state index < -0.39 is 0 Å². The van der Waals surface area contributed by atoms with Gasteiger partial charge in [-0.15, -0.1) is 0 Å². The van der Waals surface area contributed by atoms with Crippen LogP contribution in [-0.4, -0.2) is 11.2 Å². The summed E-state index contributed by atoms with van der Waals surface area (Å²) in [6.07, 6.45) is 3.65. The van der Waals surface area contributed by atoms with Crippen molar-refractivity contribution < 1.29 is 4.39 Å². The zero-order chi connectivity index (χ0) is 11.4. The second-order valence-corrected chi connectivity index (χ2v) is 3.88. The lowest BCUT2D eigenvalue weighted by molar-refractivity contribution is 0.445. The van der Waals surface area contributed by atoms with Gasteiger partial charge >= 0.3 is 0 Å². The van der Waals surface area contributed by atoms with Crippen molar-refractivity contribution in [2.24, 2.45) is 5.92 Å². The van der Waals surface area contributed by atoms with Gasteiger partial charge in [0.1, 0.15) is 6.67 Å². The van der Waals surface area contributed by atoms with Gasteiger partial charge in [0.15, 0.2) is 0 Å². The van der Waals surface area contributed by atoms with Crippen LogP contribution in [0.3, 0.4) is 0 Å². The lowest BCUT2D eigenvalue weighted by Gasteiger charge is -2.11. The summed E-state index contributed by atoms with van der Waals surface area (Å²) in [6.45, 7) is 12.0. The molecule has 0 fully saturated rings. The van der Waals surface area contributed by atoms with E-state index >= 15 is 0 Å². The number of halogens is 1. The summed E-state index contributed by atoms with van der Waals surface area (Å²) in [6, 6.07) is 1.98. The molecule has 1 heterocycles. The van der Waals surface area contributed by atoms with Crippen molar-refractivity contribution in [3.8, 4) is 0 Å². The summed E-state index contributed by atoms with van der Waals surface area (Å²) >= 11 is 0. The Hall–Kier alpha value is -1.31. The second kappa shape index (κ2) is 4.96. The molecule has 0 saturated heterocycles. The van der Waals surface area contributed by atoms with Gasteiger partial charge in [-0.3, -0.25) is 0 Å². The summed E-state index contributed by atoms with van der Waals surface area (Å²) in [5.74, 6) is 0.393. The van der Waals surface area contributed by atoms with E-state index in [1.54, 1.807) is 6.08 Å². The highest BCUT2D eigenvalue weighted by molar-refractivity contribution is 5.72. The summed E-state index contributed by atoms with van der Waals surface area (Å²) in [5.41, 5.74) is 3.11. The molecule has 1 aromatic rings. The van der Waals surface area contributed by atoms with Crippen molar-refractivity contribution in [2.75, 3.05) is 6.67 Å². The Labute approximate surface area is 90.9 Å². The Morgan fingerprint density at radius 1 is 1.60 bits per heavy atom.